The maximum absolute atomic E-state index is 11.2. The summed E-state index contributed by atoms with van der Waals surface area (Å²) in [6.45, 7) is 4.93. The summed E-state index contributed by atoms with van der Waals surface area (Å²) in [4.78, 5) is 4.94. The zero-order valence-electron chi connectivity index (χ0n) is 16.6. The second-order valence-corrected chi connectivity index (χ2v) is 7.51. The highest BCUT2D eigenvalue weighted by atomic mass is 35.5. The van der Waals surface area contributed by atoms with Gasteiger partial charge in [-0.3, -0.25) is 9.80 Å². The Hall–Kier alpha value is -2.17. The minimum atomic E-state index is -0.538. The molecule has 1 fully saturated rings. The molecule has 4 rings (SSSR count). The number of rotatable bonds is 6. The van der Waals surface area contributed by atoms with E-state index < -0.39 is 6.10 Å². The standard InChI is InChI=1S/C25H28N2O.ClH/c28-25(23-14-8-3-9-15-23)24(22-12-6-2-7-13-22)27-18-16-26(17-19-27)20-21-10-4-1-5-11-21;/h1-15,24-25,28H,16-20H2;1H. The van der Waals surface area contributed by atoms with Gasteiger partial charge in [0.25, 0.3) is 0 Å². The number of aliphatic hydroxyl groups is 1. The second kappa shape index (κ2) is 10.6. The normalized spacial score (nSPS) is 17.3. The van der Waals surface area contributed by atoms with Crippen molar-refractivity contribution >= 4 is 12.4 Å². The summed E-state index contributed by atoms with van der Waals surface area (Å²) in [5.41, 5.74) is 3.51. The molecule has 1 saturated heterocycles. The zero-order valence-corrected chi connectivity index (χ0v) is 17.4. The summed E-state index contributed by atoms with van der Waals surface area (Å²) in [7, 11) is 0. The number of piperazine rings is 1. The molecule has 2 atom stereocenters. The van der Waals surface area contributed by atoms with Crippen molar-refractivity contribution in [3.8, 4) is 0 Å². The molecule has 4 heteroatoms. The molecule has 29 heavy (non-hydrogen) atoms. The van der Waals surface area contributed by atoms with Gasteiger partial charge in [-0.15, -0.1) is 12.4 Å². The third-order valence-electron chi connectivity index (χ3n) is 5.63. The highest BCUT2D eigenvalue weighted by molar-refractivity contribution is 5.85. The van der Waals surface area contributed by atoms with Gasteiger partial charge in [0.15, 0.2) is 0 Å². The average molecular weight is 409 g/mol. The van der Waals surface area contributed by atoms with Crippen LogP contribution in [0.4, 0.5) is 0 Å². The maximum atomic E-state index is 11.2. The molecule has 0 amide bonds. The minimum Gasteiger partial charge on any atom is -0.386 e. The first kappa shape index (κ1) is 21.5. The second-order valence-electron chi connectivity index (χ2n) is 7.51. The monoisotopic (exact) mass is 408 g/mol. The first-order valence-electron chi connectivity index (χ1n) is 10.1. The van der Waals surface area contributed by atoms with E-state index in [2.05, 4.69) is 64.4 Å². The van der Waals surface area contributed by atoms with E-state index in [9.17, 15) is 5.11 Å². The summed E-state index contributed by atoms with van der Waals surface area (Å²) >= 11 is 0. The molecular weight excluding hydrogens is 380 g/mol. The molecule has 0 saturated carbocycles. The van der Waals surface area contributed by atoms with Gasteiger partial charge in [0.05, 0.1) is 12.1 Å². The van der Waals surface area contributed by atoms with E-state index in [1.165, 1.54) is 11.1 Å². The Balaban J connectivity index is 0.00000240. The van der Waals surface area contributed by atoms with Gasteiger partial charge >= 0.3 is 0 Å². The largest absolute Gasteiger partial charge is 0.386 e. The fraction of sp³-hybridized carbons (Fsp3) is 0.280. The van der Waals surface area contributed by atoms with Crippen molar-refractivity contribution in [1.29, 1.82) is 0 Å². The third kappa shape index (κ3) is 5.46. The van der Waals surface area contributed by atoms with Crippen LogP contribution in [0.1, 0.15) is 28.8 Å². The molecule has 1 heterocycles. The molecular formula is C25H29ClN2O. The number of halogens is 1. The number of aliphatic hydroxyl groups excluding tert-OH is 1. The van der Waals surface area contributed by atoms with Crippen molar-refractivity contribution in [2.75, 3.05) is 26.2 Å². The lowest BCUT2D eigenvalue weighted by molar-refractivity contribution is 0.0149. The van der Waals surface area contributed by atoms with Gasteiger partial charge in [0.2, 0.25) is 0 Å². The van der Waals surface area contributed by atoms with Crippen LogP contribution in [0.3, 0.4) is 0 Å². The van der Waals surface area contributed by atoms with Gasteiger partial charge in [-0.1, -0.05) is 91.0 Å². The van der Waals surface area contributed by atoms with Gasteiger partial charge in [-0.2, -0.15) is 0 Å². The lowest BCUT2D eigenvalue weighted by Gasteiger charge is -2.41. The van der Waals surface area contributed by atoms with Gasteiger partial charge in [-0.25, -0.2) is 0 Å². The molecule has 1 aliphatic heterocycles. The van der Waals surface area contributed by atoms with E-state index >= 15 is 0 Å². The van der Waals surface area contributed by atoms with Crippen LogP contribution in [0.2, 0.25) is 0 Å². The molecule has 3 aromatic rings. The quantitative estimate of drug-likeness (QED) is 0.640. The fourth-order valence-electron chi connectivity index (χ4n) is 4.12. The third-order valence-corrected chi connectivity index (χ3v) is 5.63. The van der Waals surface area contributed by atoms with Crippen LogP contribution in [0.15, 0.2) is 91.0 Å². The van der Waals surface area contributed by atoms with Crippen molar-refractivity contribution < 1.29 is 5.11 Å². The number of benzene rings is 3. The number of nitrogens with zero attached hydrogens (tertiary/aromatic N) is 2. The molecule has 0 radical (unpaired) electrons. The molecule has 3 nitrogen and oxygen atoms in total. The Labute approximate surface area is 180 Å². The summed E-state index contributed by atoms with van der Waals surface area (Å²) in [6, 6.07) is 31.1. The zero-order chi connectivity index (χ0) is 19.2. The van der Waals surface area contributed by atoms with Crippen molar-refractivity contribution in [3.05, 3.63) is 108 Å². The fourth-order valence-corrected chi connectivity index (χ4v) is 4.12. The molecule has 1 aliphatic rings. The molecule has 0 aromatic heterocycles. The summed E-state index contributed by atoms with van der Waals surface area (Å²) in [6.07, 6.45) is -0.538. The van der Waals surface area contributed by atoms with Crippen LogP contribution in [-0.4, -0.2) is 41.1 Å². The van der Waals surface area contributed by atoms with E-state index in [0.29, 0.717) is 0 Å². The van der Waals surface area contributed by atoms with E-state index in [0.717, 1.165) is 38.3 Å². The highest BCUT2D eigenvalue weighted by Crippen LogP contribution is 2.34. The number of hydrogen-bond acceptors (Lipinski definition) is 3. The highest BCUT2D eigenvalue weighted by Gasteiger charge is 2.31. The predicted octanol–water partition coefficient (Wildman–Crippen LogP) is 4.70. The van der Waals surface area contributed by atoms with Crippen LogP contribution < -0.4 is 0 Å². The Morgan fingerprint density at radius 2 is 1.14 bits per heavy atom. The molecule has 0 aliphatic carbocycles. The van der Waals surface area contributed by atoms with Crippen LogP contribution >= 0.6 is 12.4 Å². The minimum absolute atomic E-state index is 0. The van der Waals surface area contributed by atoms with Gasteiger partial charge in [0.1, 0.15) is 0 Å². The molecule has 152 valence electrons. The van der Waals surface area contributed by atoms with Crippen molar-refractivity contribution in [2.24, 2.45) is 0 Å². The molecule has 2 unspecified atom stereocenters. The SMILES string of the molecule is Cl.OC(c1ccccc1)C(c1ccccc1)N1CCN(Cc2ccccc2)CC1. The lowest BCUT2D eigenvalue weighted by atomic mass is 9.94. The van der Waals surface area contributed by atoms with Gasteiger partial charge < -0.3 is 5.11 Å². The Morgan fingerprint density at radius 3 is 1.69 bits per heavy atom. The topological polar surface area (TPSA) is 26.7 Å². The summed E-state index contributed by atoms with van der Waals surface area (Å²) in [5, 5.41) is 11.2. The van der Waals surface area contributed by atoms with Crippen LogP contribution in [0.25, 0.3) is 0 Å². The predicted molar refractivity (Wildman–Crippen MR) is 121 cm³/mol. The number of hydrogen-bond donors (Lipinski definition) is 1. The Morgan fingerprint density at radius 1 is 0.655 bits per heavy atom. The van der Waals surface area contributed by atoms with Gasteiger partial charge in [-0.05, 0) is 16.7 Å². The first-order valence-corrected chi connectivity index (χ1v) is 10.1. The lowest BCUT2D eigenvalue weighted by Crippen LogP contribution is -2.48. The maximum Gasteiger partial charge on any atom is 0.0986 e. The van der Waals surface area contributed by atoms with Crippen LogP contribution in [0.5, 0.6) is 0 Å². The van der Waals surface area contributed by atoms with Crippen molar-refractivity contribution in [2.45, 2.75) is 18.7 Å². The Kier molecular flexibility index (Phi) is 7.84. The summed E-state index contributed by atoms with van der Waals surface area (Å²) in [5.74, 6) is 0. The van der Waals surface area contributed by atoms with E-state index in [-0.39, 0.29) is 18.4 Å². The smallest absolute Gasteiger partial charge is 0.0986 e. The molecule has 3 aromatic carbocycles. The first-order chi connectivity index (χ1) is 13.8. The van der Waals surface area contributed by atoms with Crippen LogP contribution in [0, 0.1) is 0 Å². The Bertz CT molecular complexity index is 836. The molecule has 1 N–H and O–H groups in total. The van der Waals surface area contributed by atoms with E-state index in [1.54, 1.807) is 0 Å². The van der Waals surface area contributed by atoms with Gasteiger partial charge in [0, 0.05) is 32.7 Å². The average Bonchev–Trinajstić information content (AvgIpc) is 2.77. The van der Waals surface area contributed by atoms with Crippen molar-refractivity contribution in [1.82, 2.24) is 9.80 Å². The van der Waals surface area contributed by atoms with E-state index in [4.69, 9.17) is 0 Å². The summed E-state index contributed by atoms with van der Waals surface area (Å²) < 4.78 is 0. The molecule has 0 bridgehead atoms. The molecule has 0 spiro atoms. The van der Waals surface area contributed by atoms with E-state index in [1.807, 2.05) is 36.4 Å². The van der Waals surface area contributed by atoms with Crippen molar-refractivity contribution in [3.63, 3.8) is 0 Å². The van der Waals surface area contributed by atoms with Crippen LogP contribution in [-0.2, 0) is 6.54 Å².